The first-order chi connectivity index (χ1) is 7.66. The van der Waals surface area contributed by atoms with Gasteiger partial charge in [-0.15, -0.1) is 0 Å². The Balaban J connectivity index is 1.85. The van der Waals surface area contributed by atoms with E-state index in [9.17, 15) is 9.59 Å². The van der Waals surface area contributed by atoms with E-state index in [1.54, 1.807) is 4.90 Å². The molecule has 1 unspecified atom stereocenters. The van der Waals surface area contributed by atoms with E-state index < -0.39 is 11.9 Å². The average Bonchev–Trinajstić information content (AvgIpc) is 2.62. The summed E-state index contributed by atoms with van der Waals surface area (Å²) in [6.45, 7) is 1.18. The van der Waals surface area contributed by atoms with Gasteiger partial charge in [-0.3, -0.25) is 9.59 Å². The number of nitrogens with zero attached hydrogens (tertiary/aromatic N) is 1. The summed E-state index contributed by atoms with van der Waals surface area (Å²) in [5.74, 6) is 1.63. The predicted octanol–water partition coefficient (Wildman–Crippen LogP) is 1.06. The molecule has 0 bridgehead atoms. The van der Waals surface area contributed by atoms with Crippen molar-refractivity contribution >= 4 is 23.6 Å². The molecular formula is C11H17NO3S. The van der Waals surface area contributed by atoms with Gasteiger partial charge in [-0.1, -0.05) is 0 Å². The van der Waals surface area contributed by atoms with E-state index in [0.717, 1.165) is 19.4 Å². The van der Waals surface area contributed by atoms with Gasteiger partial charge in [-0.25, -0.2) is 0 Å². The fraction of sp³-hybridized carbons (Fsp3) is 0.818. The van der Waals surface area contributed by atoms with Gasteiger partial charge < -0.3 is 10.0 Å². The van der Waals surface area contributed by atoms with Crippen molar-refractivity contribution in [1.82, 2.24) is 4.90 Å². The lowest BCUT2D eigenvalue weighted by atomic mass is 10.0. The number of hydrogen-bond donors (Lipinski definition) is 1. The van der Waals surface area contributed by atoms with Gasteiger partial charge in [-0.05, 0) is 30.3 Å². The van der Waals surface area contributed by atoms with Gasteiger partial charge in [0.15, 0.2) is 0 Å². The zero-order valence-corrected chi connectivity index (χ0v) is 10.0. The summed E-state index contributed by atoms with van der Waals surface area (Å²) in [5, 5.41) is 8.87. The summed E-state index contributed by atoms with van der Waals surface area (Å²) in [6.07, 6.45) is 2.51. The second kappa shape index (κ2) is 5.08. The summed E-state index contributed by atoms with van der Waals surface area (Å²) in [6, 6.07) is 0. The van der Waals surface area contributed by atoms with Gasteiger partial charge in [0.25, 0.3) is 0 Å². The molecule has 1 atom stereocenters. The number of aliphatic carboxylic acids is 1. The maximum atomic E-state index is 11.6. The van der Waals surface area contributed by atoms with Crippen LogP contribution in [0.4, 0.5) is 0 Å². The molecule has 0 radical (unpaired) electrons. The van der Waals surface area contributed by atoms with Crippen LogP contribution in [0.3, 0.4) is 0 Å². The Morgan fingerprint density at radius 1 is 1.44 bits per heavy atom. The van der Waals surface area contributed by atoms with Crippen molar-refractivity contribution in [2.45, 2.75) is 19.3 Å². The smallest absolute Gasteiger partial charge is 0.308 e. The molecule has 0 aliphatic carbocycles. The van der Waals surface area contributed by atoms with Gasteiger partial charge in [0.05, 0.1) is 5.92 Å². The molecule has 2 saturated heterocycles. The Bertz CT molecular complexity index is 289. The van der Waals surface area contributed by atoms with Crippen molar-refractivity contribution in [1.29, 1.82) is 0 Å². The van der Waals surface area contributed by atoms with Crippen LogP contribution in [0.15, 0.2) is 0 Å². The topological polar surface area (TPSA) is 57.6 Å². The summed E-state index contributed by atoms with van der Waals surface area (Å²) in [7, 11) is 0. The van der Waals surface area contributed by atoms with E-state index in [0.29, 0.717) is 12.5 Å². The van der Waals surface area contributed by atoms with Crippen LogP contribution in [0.1, 0.15) is 19.3 Å². The second-order valence-electron chi connectivity index (χ2n) is 4.59. The maximum Gasteiger partial charge on any atom is 0.308 e. The number of carbonyl (C=O) groups excluding carboxylic acids is 1. The third-order valence-electron chi connectivity index (χ3n) is 3.38. The Hall–Kier alpha value is -0.710. The number of carboxylic acid groups (broad SMARTS) is 1. The largest absolute Gasteiger partial charge is 0.481 e. The summed E-state index contributed by atoms with van der Waals surface area (Å²) < 4.78 is 0. The van der Waals surface area contributed by atoms with Crippen molar-refractivity contribution in [3.8, 4) is 0 Å². The molecule has 2 aliphatic rings. The van der Waals surface area contributed by atoms with Gasteiger partial charge in [-0.2, -0.15) is 11.8 Å². The van der Waals surface area contributed by atoms with Crippen LogP contribution in [-0.2, 0) is 9.59 Å². The fourth-order valence-electron chi connectivity index (χ4n) is 2.35. The molecule has 90 valence electrons. The lowest BCUT2D eigenvalue weighted by Crippen LogP contribution is -2.33. The van der Waals surface area contributed by atoms with Crippen LogP contribution < -0.4 is 0 Å². The molecule has 16 heavy (non-hydrogen) atoms. The second-order valence-corrected chi connectivity index (χ2v) is 5.82. The third kappa shape index (κ3) is 2.70. The highest BCUT2D eigenvalue weighted by Gasteiger charge is 2.35. The first-order valence-corrected chi connectivity index (χ1v) is 6.90. The molecule has 1 amide bonds. The first-order valence-electron chi connectivity index (χ1n) is 5.75. The third-order valence-corrected chi connectivity index (χ3v) is 4.43. The lowest BCUT2D eigenvalue weighted by molar-refractivity contribution is -0.141. The average molecular weight is 243 g/mol. The monoisotopic (exact) mass is 243 g/mol. The molecular weight excluding hydrogens is 226 g/mol. The number of carboxylic acids is 1. The Kier molecular flexibility index (Phi) is 3.74. The van der Waals surface area contributed by atoms with E-state index in [2.05, 4.69) is 0 Å². The maximum absolute atomic E-state index is 11.6. The Labute approximate surface area is 99.4 Å². The summed E-state index contributed by atoms with van der Waals surface area (Å²) in [5.41, 5.74) is 0. The minimum Gasteiger partial charge on any atom is -0.481 e. The number of likely N-dealkylation sites (tertiary alicyclic amines) is 1. The van der Waals surface area contributed by atoms with E-state index in [-0.39, 0.29) is 12.3 Å². The van der Waals surface area contributed by atoms with Crippen molar-refractivity contribution in [2.75, 3.05) is 24.6 Å². The number of thioether (sulfide) groups is 1. The molecule has 0 aromatic heterocycles. The summed E-state index contributed by atoms with van der Waals surface area (Å²) >= 11 is 1.97. The molecule has 2 aliphatic heterocycles. The molecule has 0 aromatic carbocycles. The van der Waals surface area contributed by atoms with Crippen LogP contribution in [0.2, 0.25) is 0 Å². The molecule has 0 spiro atoms. The number of rotatable bonds is 3. The van der Waals surface area contributed by atoms with Gasteiger partial charge in [0, 0.05) is 19.5 Å². The lowest BCUT2D eigenvalue weighted by Gasteiger charge is -2.26. The molecule has 4 nitrogen and oxygen atoms in total. The van der Waals surface area contributed by atoms with Crippen LogP contribution in [0.25, 0.3) is 0 Å². The van der Waals surface area contributed by atoms with Crippen molar-refractivity contribution in [2.24, 2.45) is 11.8 Å². The van der Waals surface area contributed by atoms with Crippen molar-refractivity contribution < 1.29 is 14.7 Å². The zero-order chi connectivity index (χ0) is 11.5. The molecule has 0 saturated carbocycles. The standard InChI is InChI=1S/C11H17NO3S/c13-10-5-9(11(14)15)7-12(10)6-8-1-3-16-4-2-8/h8-9H,1-7H2,(H,14,15). The Morgan fingerprint density at radius 3 is 2.69 bits per heavy atom. The number of carbonyl (C=O) groups is 2. The summed E-state index contributed by atoms with van der Waals surface area (Å²) in [4.78, 5) is 24.2. The van der Waals surface area contributed by atoms with E-state index in [1.165, 1.54) is 11.5 Å². The highest BCUT2D eigenvalue weighted by molar-refractivity contribution is 7.99. The molecule has 2 fully saturated rings. The van der Waals surface area contributed by atoms with Crippen LogP contribution in [-0.4, -0.2) is 46.5 Å². The molecule has 2 rings (SSSR count). The first kappa shape index (κ1) is 11.8. The minimum atomic E-state index is -0.838. The normalized spacial score (nSPS) is 27.4. The fourth-order valence-corrected chi connectivity index (χ4v) is 3.56. The zero-order valence-electron chi connectivity index (χ0n) is 9.22. The highest BCUT2D eigenvalue weighted by atomic mass is 32.2. The van der Waals surface area contributed by atoms with Crippen LogP contribution >= 0.6 is 11.8 Å². The van der Waals surface area contributed by atoms with Crippen LogP contribution in [0, 0.1) is 11.8 Å². The molecule has 2 heterocycles. The van der Waals surface area contributed by atoms with E-state index in [4.69, 9.17) is 5.11 Å². The van der Waals surface area contributed by atoms with Crippen molar-refractivity contribution in [3.05, 3.63) is 0 Å². The highest BCUT2D eigenvalue weighted by Crippen LogP contribution is 2.26. The van der Waals surface area contributed by atoms with Gasteiger partial charge >= 0.3 is 5.97 Å². The Morgan fingerprint density at radius 2 is 2.12 bits per heavy atom. The van der Waals surface area contributed by atoms with Gasteiger partial charge in [0.2, 0.25) is 5.91 Å². The molecule has 5 heteroatoms. The molecule has 0 aromatic rings. The quantitative estimate of drug-likeness (QED) is 0.805. The van der Waals surface area contributed by atoms with Crippen LogP contribution in [0.5, 0.6) is 0 Å². The predicted molar refractivity (Wildman–Crippen MR) is 62.4 cm³/mol. The van der Waals surface area contributed by atoms with Crippen molar-refractivity contribution in [3.63, 3.8) is 0 Å². The minimum absolute atomic E-state index is 0.0191. The number of amides is 1. The van der Waals surface area contributed by atoms with E-state index in [1.807, 2.05) is 11.8 Å². The number of hydrogen-bond acceptors (Lipinski definition) is 3. The van der Waals surface area contributed by atoms with Gasteiger partial charge in [0.1, 0.15) is 0 Å². The van der Waals surface area contributed by atoms with E-state index >= 15 is 0 Å². The molecule has 1 N–H and O–H groups in total. The SMILES string of the molecule is O=C(O)C1CC(=O)N(CC2CCSCC2)C1.